The predicted molar refractivity (Wildman–Crippen MR) is 110 cm³/mol. The molecular formula is C19H24N8O2. The van der Waals surface area contributed by atoms with Crippen LogP contribution in [0.4, 0.5) is 17.8 Å². The maximum absolute atomic E-state index is 5.15. The number of nitrogens with one attached hydrogen (secondary N) is 3. The number of hydrogen-bond acceptors (Lipinski definition) is 10. The molecule has 152 valence electrons. The molecule has 3 aromatic rings. The molecule has 0 atom stereocenters. The Bertz CT molecular complexity index is 894. The first-order valence-corrected chi connectivity index (χ1v) is 9.12. The zero-order valence-electron chi connectivity index (χ0n) is 16.4. The van der Waals surface area contributed by atoms with Crippen LogP contribution in [0, 0.1) is 0 Å². The minimum atomic E-state index is 0.239. The molecule has 0 saturated carbocycles. The number of anilines is 3. The molecule has 0 fully saturated rings. The summed E-state index contributed by atoms with van der Waals surface area (Å²) in [6.07, 6.45) is 3.41. The van der Waals surface area contributed by atoms with E-state index in [2.05, 4.69) is 46.9 Å². The topological polar surface area (TPSA) is 119 Å². The average Bonchev–Trinajstić information content (AvgIpc) is 2.77. The molecule has 0 spiro atoms. The molecule has 0 saturated heterocycles. The Hall–Kier alpha value is -3.53. The molecule has 29 heavy (non-hydrogen) atoms. The van der Waals surface area contributed by atoms with Gasteiger partial charge in [-0.2, -0.15) is 15.0 Å². The van der Waals surface area contributed by atoms with E-state index >= 15 is 0 Å². The third-order valence-corrected chi connectivity index (χ3v) is 3.85. The van der Waals surface area contributed by atoms with Gasteiger partial charge in [0.25, 0.3) is 0 Å². The molecular weight excluding hydrogens is 372 g/mol. The Labute approximate surface area is 169 Å². The van der Waals surface area contributed by atoms with Crippen LogP contribution in [-0.2, 0) is 17.8 Å². The van der Waals surface area contributed by atoms with Crippen molar-refractivity contribution in [2.24, 2.45) is 0 Å². The lowest BCUT2D eigenvalue weighted by Crippen LogP contribution is -2.13. The van der Waals surface area contributed by atoms with Crippen molar-refractivity contribution in [1.29, 1.82) is 0 Å². The SMILES string of the molecule is COCCNc1nc(NCc2cccc(CNc3ncccn3)c2)nc(OC)n1. The quantitative estimate of drug-likeness (QED) is 0.415. The Balaban J connectivity index is 1.59. The summed E-state index contributed by atoms with van der Waals surface area (Å²) in [5, 5.41) is 9.48. The zero-order chi connectivity index (χ0) is 20.3. The van der Waals surface area contributed by atoms with E-state index < -0.39 is 0 Å². The fraction of sp³-hybridized carbons (Fsp3) is 0.316. The fourth-order valence-electron chi connectivity index (χ4n) is 2.47. The third kappa shape index (κ3) is 6.54. The maximum Gasteiger partial charge on any atom is 0.322 e. The summed E-state index contributed by atoms with van der Waals surface area (Å²) in [5.41, 5.74) is 2.21. The molecule has 3 N–H and O–H groups in total. The molecule has 10 heteroatoms. The van der Waals surface area contributed by atoms with Gasteiger partial charge in [-0.1, -0.05) is 24.3 Å². The summed E-state index contributed by atoms with van der Waals surface area (Å²) in [7, 11) is 3.16. The van der Waals surface area contributed by atoms with E-state index in [9.17, 15) is 0 Å². The van der Waals surface area contributed by atoms with Crippen molar-refractivity contribution in [1.82, 2.24) is 24.9 Å². The van der Waals surface area contributed by atoms with Crippen molar-refractivity contribution in [3.05, 3.63) is 53.9 Å². The van der Waals surface area contributed by atoms with Crippen LogP contribution in [0.1, 0.15) is 11.1 Å². The smallest absolute Gasteiger partial charge is 0.322 e. The Kier molecular flexibility index (Phi) is 7.47. The number of ether oxygens (including phenoxy) is 2. The van der Waals surface area contributed by atoms with Crippen molar-refractivity contribution in [3.8, 4) is 6.01 Å². The van der Waals surface area contributed by atoms with Crippen LogP contribution in [0.2, 0.25) is 0 Å². The van der Waals surface area contributed by atoms with Gasteiger partial charge in [0.05, 0.1) is 13.7 Å². The van der Waals surface area contributed by atoms with Gasteiger partial charge in [-0.3, -0.25) is 0 Å². The van der Waals surface area contributed by atoms with E-state index in [0.29, 0.717) is 44.1 Å². The monoisotopic (exact) mass is 396 g/mol. The van der Waals surface area contributed by atoms with Crippen LogP contribution in [0.25, 0.3) is 0 Å². The second-order valence-electron chi connectivity index (χ2n) is 5.99. The summed E-state index contributed by atoms with van der Waals surface area (Å²) >= 11 is 0. The molecule has 0 bridgehead atoms. The van der Waals surface area contributed by atoms with Gasteiger partial charge < -0.3 is 25.4 Å². The summed E-state index contributed by atoms with van der Waals surface area (Å²) < 4.78 is 10.2. The highest BCUT2D eigenvalue weighted by atomic mass is 16.5. The number of methoxy groups -OCH3 is 2. The summed E-state index contributed by atoms with van der Waals surface area (Å²) in [4.78, 5) is 21.1. The normalized spacial score (nSPS) is 10.4. The highest BCUT2D eigenvalue weighted by Gasteiger charge is 2.07. The van der Waals surface area contributed by atoms with Gasteiger partial charge in [0, 0.05) is 39.1 Å². The van der Waals surface area contributed by atoms with E-state index in [4.69, 9.17) is 9.47 Å². The van der Waals surface area contributed by atoms with E-state index in [1.807, 2.05) is 18.2 Å². The van der Waals surface area contributed by atoms with Crippen LogP contribution in [0.5, 0.6) is 6.01 Å². The Morgan fingerprint density at radius 3 is 2.10 bits per heavy atom. The maximum atomic E-state index is 5.15. The van der Waals surface area contributed by atoms with Gasteiger partial charge in [0.15, 0.2) is 0 Å². The van der Waals surface area contributed by atoms with Crippen molar-refractivity contribution in [2.45, 2.75) is 13.1 Å². The molecule has 0 amide bonds. The molecule has 3 rings (SSSR count). The van der Waals surface area contributed by atoms with Crippen molar-refractivity contribution in [3.63, 3.8) is 0 Å². The lowest BCUT2D eigenvalue weighted by Gasteiger charge is -2.10. The minimum Gasteiger partial charge on any atom is -0.467 e. The number of benzene rings is 1. The number of aromatic nitrogens is 5. The van der Waals surface area contributed by atoms with Crippen LogP contribution < -0.4 is 20.7 Å². The van der Waals surface area contributed by atoms with Crippen LogP contribution in [0.15, 0.2) is 42.7 Å². The molecule has 2 heterocycles. The van der Waals surface area contributed by atoms with Gasteiger partial charge in [-0.15, -0.1) is 0 Å². The summed E-state index contributed by atoms with van der Waals surface area (Å²) in [6, 6.07) is 10.2. The number of rotatable bonds is 11. The van der Waals surface area contributed by atoms with Gasteiger partial charge in [-0.05, 0) is 17.2 Å². The highest BCUT2D eigenvalue weighted by molar-refractivity contribution is 5.37. The highest BCUT2D eigenvalue weighted by Crippen LogP contribution is 2.13. The Morgan fingerprint density at radius 1 is 0.793 bits per heavy atom. The van der Waals surface area contributed by atoms with E-state index in [1.54, 1.807) is 25.6 Å². The molecule has 1 aromatic carbocycles. The number of hydrogen-bond donors (Lipinski definition) is 3. The zero-order valence-corrected chi connectivity index (χ0v) is 16.4. The first-order chi connectivity index (χ1) is 14.3. The lowest BCUT2D eigenvalue weighted by molar-refractivity contribution is 0.210. The second-order valence-corrected chi connectivity index (χ2v) is 5.99. The Morgan fingerprint density at radius 2 is 1.45 bits per heavy atom. The van der Waals surface area contributed by atoms with Crippen LogP contribution in [-0.4, -0.2) is 52.3 Å². The molecule has 0 aliphatic rings. The van der Waals surface area contributed by atoms with Crippen molar-refractivity contribution >= 4 is 17.8 Å². The predicted octanol–water partition coefficient (Wildman–Crippen LogP) is 1.95. The van der Waals surface area contributed by atoms with E-state index in [1.165, 1.54) is 7.11 Å². The molecule has 2 aromatic heterocycles. The first kappa shape index (κ1) is 20.2. The minimum absolute atomic E-state index is 0.239. The third-order valence-electron chi connectivity index (χ3n) is 3.85. The first-order valence-electron chi connectivity index (χ1n) is 9.12. The van der Waals surface area contributed by atoms with E-state index in [-0.39, 0.29) is 6.01 Å². The standard InChI is InChI=1S/C19H24N8O2/c1-28-10-9-22-17-25-18(27-19(26-17)29-2)24-13-15-6-3-5-14(11-15)12-23-16-20-7-4-8-21-16/h3-8,11H,9-10,12-13H2,1-2H3,(H,20,21,23)(H2,22,24,25,26,27). The van der Waals surface area contributed by atoms with Gasteiger partial charge >= 0.3 is 6.01 Å². The van der Waals surface area contributed by atoms with Crippen LogP contribution >= 0.6 is 0 Å². The lowest BCUT2D eigenvalue weighted by atomic mass is 10.1. The molecule has 0 radical (unpaired) electrons. The van der Waals surface area contributed by atoms with Gasteiger partial charge in [0.2, 0.25) is 17.8 Å². The van der Waals surface area contributed by atoms with Crippen molar-refractivity contribution < 1.29 is 9.47 Å². The molecule has 10 nitrogen and oxygen atoms in total. The van der Waals surface area contributed by atoms with E-state index in [0.717, 1.165) is 11.1 Å². The van der Waals surface area contributed by atoms with Crippen LogP contribution in [0.3, 0.4) is 0 Å². The van der Waals surface area contributed by atoms with Gasteiger partial charge in [0.1, 0.15) is 0 Å². The molecule has 0 unspecified atom stereocenters. The number of nitrogens with zero attached hydrogens (tertiary/aromatic N) is 5. The average molecular weight is 396 g/mol. The molecule has 0 aliphatic heterocycles. The van der Waals surface area contributed by atoms with Crippen molar-refractivity contribution in [2.75, 3.05) is 43.3 Å². The second kappa shape index (κ2) is 10.7. The van der Waals surface area contributed by atoms with Gasteiger partial charge in [-0.25, -0.2) is 9.97 Å². The largest absolute Gasteiger partial charge is 0.467 e. The summed E-state index contributed by atoms with van der Waals surface area (Å²) in [6.45, 7) is 2.32. The molecule has 0 aliphatic carbocycles. The fourth-order valence-corrected chi connectivity index (χ4v) is 2.47. The summed E-state index contributed by atoms with van der Waals surface area (Å²) in [5.74, 6) is 1.46.